The average Bonchev–Trinajstić information content (AvgIpc) is 2.72. The highest BCUT2D eigenvalue weighted by atomic mass is 32.2. The van der Waals surface area contributed by atoms with E-state index in [2.05, 4.69) is 26.1 Å². The number of nitrogens with zero attached hydrogens (tertiary/aromatic N) is 1. The lowest BCUT2D eigenvalue weighted by Gasteiger charge is -2.31. The summed E-state index contributed by atoms with van der Waals surface area (Å²) in [6.45, 7) is 7.90. The zero-order valence-electron chi connectivity index (χ0n) is 13.0. The zero-order valence-corrected chi connectivity index (χ0v) is 13.8. The van der Waals surface area contributed by atoms with E-state index in [4.69, 9.17) is 0 Å². The molecule has 1 N–H and O–H groups in total. The quantitative estimate of drug-likeness (QED) is 0.630. The van der Waals surface area contributed by atoms with E-state index in [0.29, 0.717) is 16.7 Å². The highest BCUT2D eigenvalue weighted by Crippen LogP contribution is 2.45. The van der Waals surface area contributed by atoms with Crippen LogP contribution in [-0.4, -0.2) is 22.8 Å². The van der Waals surface area contributed by atoms with Crippen LogP contribution in [0, 0.1) is 15.5 Å². The van der Waals surface area contributed by atoms with E-state index in [1.54, 1.807) is 12.1 Å². The summed E-state index contributed by atoms with van der Waals surface area (Å²) in [7, 11) is 0. The molecule has 1 fully saturated rings. The number of nitro groups is 1. The van der Waals surface area contributed by atoms with Crippen LogP contribution in [0.1, 0.15) is 40.0 Å². The fourth-order valence-electron chi connectivity index (χ4n) is 3.00. The second kappa shape index (κ2) is 6.79. The maximum atomic E-state index is 10.7. The molecule has 4 nitrogen and oxygen atoms in total. The van der Waals surface area contributed by atoms with E-state index < -0.39 is 0 Å². The highest BCUT2D eigenvalue weighted by molar-refractivity contribution is 8.00. The van der Waals surface area contributed by atoms with Gasteiger partial charge in [-0.1, -0.05) is 20.8 Å². The smallest absolute Gasteiger partial charge is 0.269 e. The summed E-state index contributed by atoms with van der Waals surface area (Å²) in [6.07, 6.45) is 3.55. The minimum absolute atomic E-state index is 0.159. The third-order valence-electron chi connectivity index (χ3n) is 4.24. The molecular weight excluding hydrogens is 284 g/mol. The van der Waals surface area contributed by atoms with Crippen molar-refractivity contribution in [2.45, 2.75) is 56.2 Å². The van der Waals surface area contributed by atoms with E-state index in [1.807, 2.05) is 23.9 Å². The summed E-state index contributed by atoms with van der Waals surface area (Å²) < 4.78 is 0. The van der Waals surface area contributed by atoms with E-state index in [0.717, 1.165) is 17.9 Å². The number of hydrogen-bond donors (Lipinski definition) is 1. The van der Waals surface area contributed by atoms with Crippen LogP contribution in [-0.2, 0) is 0 Å². The molecule has 0 radical (unpaired) electrons. The zero-order chi connectivity index (χ0) is 15.5. The standard InChI is InChI=1S/C16H24N2O2S/c1-4-11-17-15-14(9-10-16(15,2)3)21-13-7-5-12(6-8-13)18(19)20/h5-8,14-15,17H,4,9-11H2,1-3H3. The molecule has 21 heavy (non-hydrogen) atoms. The number of rotatable bonds is 6. The lowest BCUT2D eigenvalue weighted by Crippen LogP contribution is -2.43. The van der Waals surface area contributed by atoms with Crippen molar-refractivity contribution < 1.29 is 4.92 Å². The van der Waals surface area contributed by atoms with Gasteiger partial charge in [0.05, 0.1) is 4.92 Å². The minimum atomic E-state index is -0.348. The number of nitrogens with one attached hydrogen (secondary N) is 1. The van der Waals surface area contributed by atoms with Gasteiger partial charge in [-0.15, -0.1) is 11.8 Å². The maximum Gasteiger partial charge on any atom is 0.269 e. The van der Waals surface area contributed by atoms with E-state index in [9.17, 15) is 10.1 Å². The van der Waals surface area contributed by atoms with Crippen molar-refractivity contribution in [3.05, 3.63) is 34.4 Å². The molecule has 0 saturated heterocycles. The molecule has 1 aliphatic rings. The number of hydrogen-bond acceptors (Lipinski definition) is 4. The largest absolute Gasteiger partial charge is 0.312 e. The minimum Gasteiger partial charge on any atom is -0.312 e. The van der Waals surface area contributed by atoms with Crippen molar-refractivity contribution in [3.8, 4) is 0 Å². The van der Waals surface area contributed by atoms with Gasteiger partial charge < -0.3 is 5.32 Å². The monoisotopic (exact) mass is 308 g/mol. The Kier molecular flexibility index (Phi) is 5.27. The molecule has 2 atom stereocenters. The van der Waals surface area contributed by atoms with Gasteiger partial charge in [-0.25, -0.2) is 0 Å². The van der Waals surface area contributed by atoms with Crippen molar-refractivity contribution in [2.75, 3.05) is 6.54 Å². The summed E-state index contributed by atoms with van der Waals surface area (Å²) in [4.78, 5) is 11.5. The normalized spacial score (nSPS) is 24.1. The first-order valence-corrected chi connectivity index (χ1v) is 8.46. The lowest BCUT2D eigenvalue weighted by atomic mass is 9.87. The Balaban J connectivity index is 2.05. The van der Waals surface area contributed by atoms with Crippen molar-refractivity contribution in [2.24, 2.45) is 5.41 Å². The van der Waals surface area contributed by atoms with Gasteiger partial charge in [0.15, 0.2) is 0 Å². The SMILES string of the molecule is CCCNC1C(Sc2ccc([N+](=O)[O-])cc2)CCC1(C)C. The van der Waals surface area contributed by atoms with Gasteiger partial charge >= 0.3 is 0 Å². The van der Waals surface area contributed by atoms with Crippen LogP contribution in [0.3, 0.4) is 0 Å². The molecule has 2 rings (SSSR count). The van der Waals surface area contributed by atoms with E-state index in [-0.39, 0.29) is 10.6 Å². The first-order valence-electron chi connectivity index (χ1n) is 7.58. The fraction of sp³-hybridized carbons (Fsp3) is 0.625. The van der Waals surface area contributed by atoms with Crippen LogP contribution in [0.5, 0.6) is 0 Å². The molecule has 2 unspecified atom stereocenters. The third-order valence-corrected chi connectivity index (χ3v) is 5.59. The van der Waals surface area contributed by atoms with Gasteiger partial charge in [0.1, 0.15) is 0 Å². The second-order valence-electron chi connectivity index (χ2n) is 6.37. The maximum absolute atomic E-state index is 10.7. The average molecular weight is 308 g/mol. The molecule has 1 aromatic rings. The molecule has 0 heterocycles. The number of non-ortho nitro benzene ring substituents is 1. The first kappa shape index (κ1) is 16.3. The van der Waals surface area contributed by atoms with Crippen LogP contribution in [0.2, 0.25) is 0 Å². The Labute approximate surface area is 130 Å². The molecule has 1 aromatic carbocycles. The first-order chi connectivity index (χ1) is 9.94. The number of thioether (sulfide) groups is 1. The Hall–Kier alpha value is -1.07. The molecule has 0 aliphatic heterocycles. The third kappa shape index (κ3) is 3.98. The lowest BCUT2D eigenvalue weighted by molar-refractivity contribution is -0.384. The van der Waals surface area contributed by atoms with Gasteiger partial charge in [-0.05, 0) is 43.4 Å². The van der Waals surface area contributed by atoms with Crippen molar-refractivity contribution in [3.63, 3.8) is 0 Å². The molecule has 0 bridgehead atoms. The molecule has 0 amide bonds. The molecule has 1 aliphatic carbocycles. The van der Waals surface area contributed by atoms with Gasteiger partial charge in [0.25, 0.3) is 5.69 Å². The summed E-state index contributed by atoms with van der Waals surface area (Å²) in [5.74, 6) is 0. The van der Waals surface area contributed by atoms with E-state index in [1.165, 1.54) is 12.8 Å². The van der Waals surface area contributed by atoms with Gasteiger partial charge in [0.2, 0.25) is 0 Å². The van der Waals surface area contributed by atoms with Crippen LogP contribution in [0.25, 0.3) is 0 Å². The Morgan fingerprint density at radius 1 is 1.38 bits per heavy atom. The Morgan fingerprint density at radius 2 is 2.05 bits per heavy atom. The van der Waals surface area contributed by atoms with Crippen LogP contribution in [0.15, 0.2) is 29.2 Å². The number of benzene rings is 1. The summed E-state index contributed by atoms with van der Waals surface area (Å²) in [5.41, 5.74) is 0.472. The van der Waals surface area contributed by atoms with E-state index >= 15 is 0 Å². The molecule has 0 spiro atoms. The molecule has 1 saturated carbocycles. The highest BCUT2D eigenvalue weighted by Gasteiger charge is 2.41. The topological polar surface area (TPSA) is 55.2 Å². The van der Waals surface area contributed by atoms with Crippen LogP contribution in [0.4, 0.5) is 5.69 Å². The van der Waals surface area contributed by atoms with Crippen molar-refractivity contribution in [1.82, 2.24) is 5.32 Å². The Bertz CT molecular complexity index is 488. The summed E-state index contributed by atoms with van der Waals surface area (Å²) in [6, 6.07) is 7.42. The fourth-order valence-corrected chi connectivity index (χ4v) is 4.47. The summed E-state index contributed by atoms with van der Waals surface area (Å²) >= 11 is 1.85. The van der Waals surface area contributed by atoms with Gasteiger partial charge in [-0.3, -0.25) is 10.1 Å². The van der Waals surface area contributed by atoms with Crippen LogP contribution >= 0.6 is 11.8 Å². The molecule has 0 aromatic heterocycles. The molecule has 5 heteroatoms. The number of nitro benzene ring substituents is 1. The Morgan fingerprint density at radius 3 is 2.62 bits per heavy atom. The molecule has 116 valence electrons. The predicted molar refractivity (Wildman–Crippen MR) is 87.8 cm³/mol. The van der Waals surface area contributed by atoms with Gasteiger partial charge in [-0.2, -0.15) is 0 Å². The van der Waals surface area contributed by atoms with Crippen LogP contribution < -0.4 is 5.32 Å². The van der Waals surface area contributed by atoms with Crippen molar-refractivity contribution >= 4 is 17.4 Å². The van der Waals surface area contributed by atoms with Gasteiger partial charge in [0, 0.05) is 28.3 Å². The molecular formula is C16H24N2O2S. The second-order valence-corrected chi connectivity index (χ2v) is 7.68. The van der Waals surface area contributed by atoms with Crippen molar-refractivity contribution in [1.29, 1.82) is 0 Å². The summed E-state index contributed by atoms with van der Waals surface area (Å²) in [5, 5.41) is 14.9. The predicted octanol–water partition coefficient (Wildman–Crippen LogP) is 4.24.